The number of rotatable bonds is 4. The number of benzene rings is 1. The number of furan rings is 1. The van der Waals surface area contributed by atoms with E-state index in [9.17, 15) is 4.39 Å². The Labute approximate surface area is 110 Å². The lowest BCUT2D eigenvalue weighted by molar-refractivity contribution is 0.413. The highest BCUT2D eigenvalue weighted by Crippen LogP contribution is 2.26. The summed E-state index contributed by atoms with van der Waals surface area (Å²) in [5.41, 5.74) is 4.35. The van der Waals surface area contributed by atoms with E-state index in [1.165, 1.54) is 18.2 Å². The highest BCUT2D eigenvalue weighted by atomic mass is 35.5. The molecule has 0 saturated heterocycles. The van der Waals surface area contributed by atoms with Gasteiger partial charge in [0.2, 0.25) is 0 Å². The molecule has 5 heteroatoms. The summed E-state index contributed by atoms with van der Waals surface area (Å²) in [5.74, 6) is 5.94. The molecule has 0 saturated carbocycles. The Bertz CT molecular complexity index is 542. The maximum Gasteiger partial charge on any atom is 0.125 e. The molecule has 18 heavy (non-hydrogen) atoms. The first-order chi connectivity index (χ1) is 8.61. The Morgan fingerprint density at radius 1 is 1.44 bits per heavy atom. The summed E-state index contributed by atoms with van der Waals surface area (Å²) in [4.78, 5) is 0. The summed E-state index contributed by atoms with van der Waals surface area (Å²) >= 11 is 6.03. The zero-order valence-electron chi connectivity index (χ0n) is 9.91. The minimum Gasteiger partial charge on any atom is -0.467 e. The molecular formula is C13H14ClFN2O. The van der Waals surface area contributed by atoms with Crippen molar-refractivity contribution in [2.24, 2.45) is 5.84 Å². The Morgan fingerprint density at radius 2 is 2.22 bits per heavy atom. The fraction of sp³-hybridized carbons (Fsp3) is 0.231. The summed E-state index contributed by atoms with van der Waals surface area (Å²) < 4.78 is 18.6. The van der Waals surface area contributed by atoms with E-state index in [1.807, 2.05) is 13.0 Å². The standard InChI is InChI=1S/C13H14ClFN2O/c1-8-4-5-18-13(8)12(17-16)7-9-6-10(15)2-3-11(9)14/h2-6,12,17H,7,16H2,1H3. The minimum absolute atomic E-state index is 0.237. The third-order valence-corrected chi connectivity index (χ3v) is 3.22. The van der Waals surface area contributed by atoms with Crippen LogP contribution in [0.3, 0.4) is 0 Å². The third-order valence-electron chi connectivity index (χ3n) is 2.85. The molecule has 0 radical (unpaired) electrons. The molecule has 1 heterocycles. The second kappa shape index (κ2) is 5.52. The molecule has 2 aromatic rings. The topological polar surface area (TPSA) is 51.2 Å². The first kappa shape index (κ1) is 13.1. The van der Waals surface area contributed by atoms with Gasteiger partial charge in [-0.1, -0.05) is 11.6 Å². The number of nitrogens with two attached hydrogens (primary N) is 1. The molecule has 0 bridgehead atoms. The maximum atomic E-state index is 13.2. The van der Waals surface area contributed by atoms with Gasteiger partial charge in [0.05, 0.1) is 12.3 Å². The fourth-order valence-electron chi connectivity index (χ4n) is 1.89. The summed E-state index contributed by atoms with van der Waals surface area (Å²) in [7, 11) is 0. The molecule has 2 rings (SSSR count). The molecule has 0 fully saturated rings. The van der Waals surface area contributed by atoms with Crippen molar-refractivity contribution in [3.05, 3.63) is 58.3 Å². The predicted octanol–water partition coefficient (Wildman–Crippen LogP) is 3.13. The van der Waals surface area contributed by atoms with E-state index >= 15 is 0 Å². The maximum absolute atomic E-state index is 13.2. The largest absolute Gasteiger partial charge is 0.467 e. The number of hydrogen-bond donors (Lipinski definition) is 2. The van der Waals surface area contributed by atoms with Crippen LogP contribution in [0.25, 0.3) is 0 Å². The van der Waals surface area contributed by atoms with Crippen molar-refractivity contribution in [2.45, 2.75) is 19.4 Å². The lowest BCUT2D eigenvalue weighted by Crippen LogP contribution is -2.29. The predicted molar refractivity (Wildman–Crippen MR) is 68.6 cm³/mol. The average molecular weight is 269 g/mol. The zero-order valence-corrected chi connectivity index (χ0v) is 10.7. The van der Waals surface area contributed by atoms with Gasteiger partial charge in [-0.15, -0.1) is 0 Å². The van der Waals surface area contributed by atoms with Crippen molar-refractivity contribution in [1.82, 2.24) is 5.43 Å². The van der Waals surface area contributed by atoms with Gasteiger partial charge in [-0.05, 0) is 48.7 Å². The van der Waals surface area contributed by atoms with E-state index in [1.54, 1.807) is 6.26 Å². The van der Waals surface area contributed by atoms with Crippen molar-refractivity contribution in [1.29, 1.82) is 0 Å². The number of hydrazine groups is 1. The average Bonchev–Trinajstić information content (AvgIpc) is 2.77. The first-order valence-electron chi connectivity index (χ1n) is 5.56. The van der Waals surface area contributed by atoms with Gasteiger partial charge < -0.3 is 4.42 Å². The van der Waals surface area contributed by atoms with E-state index in [0.717, 1.165) is 11.3 Å². The number of nitrogens with one attached hydrogen (secondary N) is 1. The van der Waals surface area contributed by atoms with Crippen LogP contribution < -0.4 is 11.3 Å². The molecular weight excluding hydrogens is 255 g/mol. The van der Waals surface area contributed by atoms with Crippen LogP contribution in [0.15, 0.2) is 34.9 Å². The lowest BCUT2D eigenvalue weighted by atomic mass is 10.0. The van der Waals surface area contributed by atoms with Crippen LogP contribution in [0.1, 0.15) is 22.9 Å². The van der Waals surface area contributed by atoms with Gasteiger partial charge in [-0.25, -0.2) is 9.82 Å². The van der Waals surface area contributed by atoms with Gasteiger partial charge >= 0.3 is 0 Å². The lowest BCUT2D eigenvalue weighted by Gasteiger charge is -2.15. The second-order valence-electron chi connectivity index (χ2n) is 4.13. The Balaban J connectivity index is 2.26. The smallest absolute Gasteiger partial charge is 0.125 e. The van der Waals surface area contributed by atoms with E-state index in [4.69, 9.17) is 21.9 Å². The second-order valence-corrected chi connectivity index (χ2v) is 4.53. The van der Waals surface area contributed by atoms with Crippen molar-refractivity contribution < 1.29 is 8.81 Å². The molecule has 3 N–H and O–H groups in total. The normalized spacial score (nSPS) is 12.7. The molecule has 1 unspecified atom stereocenters. The highest BCUT2D eigenvalue weighted by molar-refractivity contribution is 6.31. The number of hydrogen-bond acceptors (Lipinski definition) is 3. The molecule has 3 nitrogen and oxygen atoms in total. The van der Waals surface area contributed by atoms with Crippen LogP contribution in [-0.4, -0.2) is 0 Å². The monoisotopic (exact) mass is 268 g/mol. The van der Waals surface area contributed by atoms with Crippen LogP contribution in [0, 0.1) is 12.7 Å². The van der Waals surface area contributed by atoms with Gasteiger partial charge in [0.1, 0.15) is 11.6 Å². The molecule has 1 aromatic heterocycles. The quantitative estimate of drug-likeness (QED) is 0.662. The molecule has 0 aliphatic heterocycles. The summed E-state index contributed by atoms with van der Waals surface area (Å²) in [6, 6.07) is 5.89. The van der Waals surface area contributed by atoms with Gasteiger partial charge in [0.15, 0.2) is 0 Å². The zero-order chi connectivity index (χ0) is 13.1. The van der Waals surface area contributed by atoms with E-state index in [0.29, 0.717) is 17.0 Å². The van der Waals surface area contributed by atoms with Crippen molar-refractivity contribution in [3.8, 4) is 0 Å². The SMILES string of the molecule is Cc1ccoc1C(Cc1cc(F)ccc1Cl)NN. The van der Waals surface area contributed by atoms with E-state index < -0.39 is 0 Å². The highest BCUT2D eigenvalue weighted by Gasteiger charge is 2.17. The number of aryl methyl sites for hydroxylation is 1. The Kier molecular flexibility index (Phi) is 4.01. The summed E-state index contributed by atoms with van der Waals surface area (Å²) in [5, 5.41) is 0.515. The Morgan fingerprint density at radius 3 is 2.83 bits per heavy atom. The summed E-state index contributed by atoms with van der Waals surface area (Å²) in [6.07, 6.45) is 2.06. The summed E-state index contributed by atoms with van der Waals surface area (Å²) in [6.45, 7) is 1.93. The molecule has 0 spiro atoms. The number of halogens is 2. The van der Waals surface area contributed by atoms with E-state index in [2.05, 4.69) is 5.43 Å². The molecule has 96 valence electrons. The van der Waals surface area contributed by atoms with Gasteiger partial charge in [-0.2, -0.15) is 0 Å². The van der Waals surface area contributed by atoms with Crippen LogP contribution in [0.4, 0.5) is 4.39 Å². The minimum atomic E-state index is -0.318. The van der Waals surface area contributed by atoms with E-state index in [-0.39, 0.29) is 11.9 Å². The molecule has 0 amide bonds. The van der Waals surface area contributed by atoms with Crippen molar-refractivity contribution in [2.75, 3.05) is 0 Å². The van der Waals surface area contributed by atoms with Crippen LogP contribution in [0.2, 0.25) is 5.02 Å². The first-order valence-corrected chi connectivity index (χ1v) is 5.93. The Hall–Kier alpha value is -1.36. The fourth-order valence-corrected chi connectivity index (χ4v) is 2.08. The van der Waals surface area contributed by atoms with Crippen molar-refractivity contribution >= 4 is 11.6 Å². The van der Waals surface area contributed by atoms with Gasteiger partial charge in [-0.3, -0.25) is 5.84 Å². The van der Waals surface area contributed by atoms with Crippen LogP contribution in [0.5, 0.6) is 0 Å². The third kappa shape index (κ3) is 2.72. The van der Waals surface area contributed by atoms with Gasteiger partial charge in [0, 0.05) is 5.02 Å². The molecule has 1 aromatic carbocycles. The van der Waals surface area contributed by atoms with Crippen LogP contribution in [-0.2, 0) is 6.42 Å². The molecule has 0 aliphatic rings. The van der Waals surface area contributed by atoms with Crippen molar-refractivity contribution in [3.63, 3.8) is 0 Å². The van der Waals surface area contributed by atoms with Crippen LogP contribution >= 0.6 is 11.6 Å². The molecule has 1 atom stereocenters. The molecule has 0 aliphatic carbocycles. The van der Waals surface area contributed by atoms with Gasteiger partial charge in [0.25, 0.3) is 0 Å².